The van der Waals surface area contributed by atoms with Gasteiger partial charge < -0.3 is 4.74 Å². The molecule has 1 aliphatic rings. The second-order valence-corrected chi connectivity index (χ2v) is 3.11. The van der Waals surface area contributed by atoms with E-state index in [2.05, 4.69) is 0 Å². The fraction of sp³-hybridized carbons (Fsp3) is 0.333. The summed E-state index contributed by atoms with van der Waals surface area (Å²) < 4.78 is 18.0. The number of benzene rings is 1. The number of hydrogen-bond donors (Lipinski definition) is 1. The zero-order valence-corrected chi connectivity index (χ0v) is 7.33. The Morgan fingerprint density at radius 3 is 2.77 bits per heavy atom. The molecule has 0 spiro atoms. The molecular weight excluding hydrogens is 171 g/mol. The summed E-state index contributed by atoms with van der Waals surface area (Å²) in [5, 5.41) is 1.65. The lowest BCUT2D eigenvalue weighted by molar-refractivity contribution is 0.386. The van der Waals surface area contributed by atoms with Crippen molar-refractivity contribution in [3.05, 3.63) is 29.6 Å². The summed E-state index contributed by atoms with van der Waals surface area (Å²) in [7, 11) is 1.45. The molecule has 4 heteroatoms. The molecule has 2 rings (SSSR count). The second kappa shape index (κ2) is 2.97. The third kappa shape index (κ3) is 1.50. The maximum absolute atomic E-state index is 13.2. The predicted octanol–water partition coefficient (Wildman–Crippen LogP) is 1.06. The minimum atomic E-state index is -0.333. The fourth-order valence-corrected chi connectivity index (χ4v) is 1.34. The van der Waals surface area contributed by atoms with Gasteiger partial charge in [-0.15, -0.1) is 0 Å². The molecule has 2 N–H and O–H groups in total. The maximum Gasteiger partial charge on any atom is 0.165 e. The van der Waals surface area contributed by atoms with E-state index in [1.807, 2.05) is 6.07 Å². The molecule has 1 fully saturated rings. The van der Waals surface area contributed by atoms with Crippen LogP contribution in [-0.2, 0) is 0 Å². The summed E-state index contributed by atoms with van der Waals surface area (Å²) in [5.74, 6) is 5.44. The van der Waals surface area contributed by atoms with E-state index in [-0.39, 0.29) is 17.6 Å². The number of hydrazine groups is 1. The Kier molecular flexibility index (Phi) is 1.94. The van der Waals surface area contributed by atoms with Crippen LogP contribution < -0.4 is 10.6 Å². The predicted molar refractivity (Wildman–Crippen MR) is 46.6 cm³/mol. The molecule has 0 radical (unpaired) electrons. The number of rotatable bonds is 2. The summed E-state index contributed by atoms with van der Waals surface area (Å²) in [4.78, 5) is 0. The lowest BCUT2D eigenvalue weighted by Gasteiger charge is -2.03. The number of nitrogens with zero attached hydrogens (tertiary/aromatic N) is 1. The zero-order valence-electron chi connectivity index (χ0n) is 7.33. The molecule has 1 aromatic carbocycles. The quantitative estimate of drug-likeness (QED) is 0.549. The van der Waals surface area contributed by atoms with E-state index in [9.17, 15) is 4.39 Å². The Morgan fingerprint density at radius 1 is 1.62 bits per heavy atom. The van der Waals surface area contributed by atoms with Crippen LogP contribution in [-0.4, -0.2) is 18.7 Å². The highest BCUT2D eigenvalue weighted by Crippen LogP contribution is 2.32. The molecule has 0 aromatic heterocycles. The SMILES string of the molecule is COc1ccc(C2CN2N)cc1F. The third-order valence-corrected chi connectivity index (χ3v) is 2.21. The molecule has 2 atom stereocenters. The maximum atomic E-state index is 13.2. The minimum Gasteiger partial charge on any atom is -0.494 e. The zero-order chi connectivity index (χ0) is 9.42. The molecule has 0 saturated carbocycles. The van der Waals surface area contributed by atoms with E-state index in [0.717, 1.165) is 12.1 Å². The van der Waals surface area contributed by atoms with Gasteiger partial charge in [-0.25, -0.2) is 9.40 Å². The van der Waals surface area contributed by atoms with E-state index in [4.69, 9.17) is 10.6 Å². The summed E-state index contributed by atoms with van der Waals surface area (Å²) >= 11 is 0. The van der Waals surface area contributed by atoms with Crippen LogP contribution in [0, 0.1) is 5.82 Å². The Hall–Kier alpha value is -1.13. The van der Waals surface area contributed by atoms with Gasteiger partial charge in [0, 0.05) is 6.54 Å². The molecule has 70 valence electrons. The van der Waals surface area contributed by atoms with Crippen LogP contribution in [0.5, 0.6) is 5.75 Å². The van der Waals surface area contributed by atoms with Crippen LogP contribution in [0.15, 0.2) is 18.2 Å². The van der Waals surface area contributed by atoms with Crippen molar-refractivity contribution in [3.8, 4) is 5.75 Å². The van der Waals surface area contributed by atoms with Crippen LogP contribution in [0.4, 0.5) is 4.39 Å². The minimum absolute atomic E-state index is 0.181. The van der Waals surface area contributed by atoms with Gasteiger partial charge in [-0.2, -0.15) is 0 Å². The summed E-state index contributed by atoms with van der Waals surface area (Å²) in [5.41, 5.74) is 0.904. The Balaban J connectivity index is 2.25. The number of hydrogen-bond acceptors (Lipinski definition) is 3. The number of halogens is 1. The van der Waals surface area contributed by atoms with Crippen LogP contribution in [0.2, 0.25) is 0 Å². The van der Waals surface area contributed by atoms with Crippen molar-refractivity contribution >= 4 is 0 Å². The lowest BCUT2D eigenvalue weighted by Crippen LogP contribution is -2.06. The third-order valence-electron chi connectivity index (χ3n) is 2.21. The first-order chi connectivity index (χ1) is 6.22. The number of methoxy groups -OCH3 is 1. The van der Waals surface area contributed by atoms with Gasteiger partial charge in [-0.1, -0.05) is 6.07 Å². The largest absolute Gasteiger partial charge is 0.494 e. The van der Waals surface area contributed by atoms with Crippen molar-refractivity contribution in [2.75, 3.05) is 13.7 Å². The topological polar surface area (TPSA) is 38.3 Å². The lowest BCUT2D eigenvalue weighted by atomic mass is 10.1. The Labute approximate surface area is 75.9 Å². The molecule has 0 bridgehead atoms. The molecule has 1 aliphatic heterocycles. The molecule has 0 amide bonds. The summed E-state index contributed by atoms with van der Waals surface area (Å²) in [6.45, 7) is 0.797. The fourth-order valence-electron chi connectivity index (χ4n) is 1.34. The van der Waals surface area contributed by atoms with E-state index in [1.165, 1.54) is 13.2 Å². The standard InChI is InChI=1S/C9H11FN2O/c1-13-9-3-2-6(4-7(9)10)8-5-12(8)11/h2-4,8H,5,11H2,1H3. The first-order valence-electron chi connectivity index (χ1n) is 4.07. The molecule has 1 aromatic rings. The normalized spacial score (nSPS) is 25.8. The average Bonchev–Trinajstić information content (AvgIpc) is 2.82. The monoisotopic (exact) mass is 182 g/mol. The highest BCUT2D eigenvalue weighted by molar-refractivity contribution is 5.32. The van der Waals surface area contributed by atoms with Crippen molar-refractivity contribution in [1.29, 1.82) is 0 Å². The van der Waals surface area contributed by atoms with E-state index >= 15 is 0 Å². The second-order valence-electron chi connectivity index (χ2n) is 3.11. The first-order valence-corrected chi connectivity index (χ1v) is 4.07. The van der Waals surface area contributed by atoms with Gasteiger partial charge in [0.25, 0.3) is 0 Å². The molecule has 2 unspecified atom stereocenters. The molecule has 1 saturated heterocycles. The van der Waals surface area contributed by atoms with E-state index in [1.54, 1.807) is 11.1 Å². The average molecular weight is 182 g/mol. The van der Waals surface area contributed by atoms with E-state index < -0.39 is 0 Å². The number of ether oxygens (including phenoxy) is 1. The summed E-state index contributed by atoms with van der Waals surface area (Å²) in [6, 6.07) is 5.10. The van der Waals surface area contributed by atoms with Crippen molar-refractivity contribution in [2.45, 2.75) is 6.04 Å². The first kappa shape index (κ1) is 8.47. The van der Waals surface area contributed by atoms with Crippen molar-refractivity contribution < 1.29 is 9.13 Å². The van der Waals surface area contributed by atoms with Crippen LogP contribution >= 0.6 is 0 Å². The number of nitrogens with two attached hydrogens (primary N) is 1. The molecule has 1 heterocycles. The van der Waals surface area contributed by atoms with Crippen molar-refractivity contribution in [3.63, 3.8) is 0 Å². The van der Waals surface area contributed by atoms with Gasteiger partial charge in [0.1, 0.15) is 0 Å². The van der Waals surface area contributed by atoms with Crippen LogP contribution in [0.3, 0.4) is 0 Å². The smallest absolute Gasteiger partial charge is 0.165 e. The van der Waals surface area contributed by atoms with Crippen molar-refractivity contribution in [1.82, 2.24) is 5.01 Å². The van der Waals surface area contributed by atoms with Gasteiger partial charge in [0.2, 0.25) is 0 Å². The molecular formula is C9H11FN2O. The molecule has 0 aliphatic carbocycles. The van der Waals surface area contributed by atoms with Gasteiger partial charge >= 0.3 is 0 Å². The van der Waals surface area contributed by atoms with Crippen LogP contribution in [0.25, 0.3) is 0 Å². The van der Waals surface area contributed by atoms with E-state index in [0.29, 0.717) is 0 Å². The van der Waals surface area contributed by atoms with Gasteiger partial charge in [-0.3, -0.25) is 5.84 Å². The van der Waals surface area contributed by atoms with Gasteiger partial charge in [0.05, 0.1) is 13.2 Å². The molecule has 3 nitrogen and oxygen atoms in total. The summed E-state index contributed by atoms with van der Waals surface area (Å²) in [6.07, 6.45) is 0. The molecule has 13 heavy (non-hydrogen) atoms. The highest BCUT2D eigenvalue weighted by Gasteiger charge is 2.32. The van der Waals surface area contributed by atoms with Crippen LogP contribution in [0.1, 0.15) is 11.6 Å². The van der Waals surface area contributed by atoms with Gasteiger partial charge in [-0.05, 0) is 17.7 Å². The Bertz CT molecular complexity index is 329. The van der Waals surface area contributed by atoms with Gasteiger partial charge in [0.15, 0.2) is 11.6 Å². The Morgan fingerprint density at radius 2 is 2.31 bits per heavy atom. The highest BCUT2D eigenvalue weighted by atomic mass is 19.1. The van der Waals surface area contributed by atoms with Crippen molar-refractivity contribution in [2.24, 2.45) is 5.84 Å².